The minimum Gasteiger partial charge on any atom is -0.497 e. The van der Waals surface area contributed by atoms with Crippen molar-refractivity contribution in [2.24, 2.45) is 5.41 Å². The van der Waals surface area contributed by atoms with Crippen LogP contribution in [0.3, 0.4) is 0 Å². The number of benzene rings is 3. The number of ether oxygens (including phenoxy) is 1. The van der Waals surface area contributed by atoms with Crippen molar-refractivity contribution >= 4 is 44.9 Å². The van der Waals surface area contributed by atoms with Gasteiger partial charge in [0.25, 0.3) is 5.56 Å². The predicted octanol–water partition coefficient (Wildman–Crippen LogP) is 3.88. The monoisotopic (exact) mass is 553 g/mol. The van der Waals surface area contributed by atoms with Gasteiger partial charge in [-0.1, -0.05) is 23.7 Å². The standard InChI is InChI=1S/C30H24ClN5O4/c1-40-20-5-7-24(31)22(10-20)17-3-6-21-25(8-17)34-29(39)36(28(21)38)26-13-32-12-18-2-4-19(9-23(18)26)35-15-30(16-35)11-27(37)33-14-30/h2-10,12-13H,11,14-16H2,1H3,(H,33,37)(H,34,39). The average Bonchev–Trinajstić information content (AvgIpc) is 3.34. The van der Waals surface area contributed by atoms with Gasteiger partial charge in [0.05, 0.1) is 29.9 Å². The number of nitrogens with zero attached hydrogens (tertiary/aromatic N) is 3. The van der Waals surface area contributed by atoms with Crippen LogP contribution in [-0.4, -0.2) is 47.2 Å². The maximum atomic E-state index is 13.7. The molecule has 0 radical (unpaired) electrons. The Morgan fingerprint density at radius 1 is 0.975 bits per heavy atom. The van der Waals surface area contributed by atoms with Gasteiger partial charge in [-0.3, -0.25) is 14.6 Å². The Morgan fingerprint density at radius 2 is 1.82 bits per heavy atom. The largest absolute Gasteiger partial charge is 0.497 e. The number of carbonyl (C=O) groups excluding carboxylic acids is 1. The first-order valence-corrected chi connectivity index (χ1v) is 13.2. The molecule has 0 saturated carbocycles. The van der Waals surface area contributed by atoms with E-state index in [1.54, 1.807) is 43.6 Å². The fourth-order valence-electron chi connectivity index (χ4n) is 5.89. The van der Waals surface area contributed by atoms with Crippen molar-refractivity contribution < 1.29 is 9.53 Å². The number of nitrogens with one attached hydrogen (secondary N) is 2. The van der Waals surface area contributed by atoms with Crippen LogP contribution in [0, 0.1) is 5.41 Å². The van der Waals surface area contributed by atoms with Gasteiger partial charge in [-0.15, -0.1) is 0 Å². The van der Waals surface area contributed by atoms with Gasteiger partial charge in [0.1, 0.15) is 5.75 Å². The maximum Gasteiger partial charge on any atom is 0.333 e. The van der Waals surface area contributed by atoms with Crippen LogP contribution in [0.1, 0.15) is 6.42 Å². The molecule has 1 amide bonds. The number of aromatic amines is 1. The van der Waals surface area contributed by atoms with E-state index in [0.29, 0.717) is 40.3 Å². The summed E-state index contributed by atoms with van der Waals surface area (Å²) in [5.41, 5.74) is 2.21. The lowest BCUT2D eigenvalue weighted by atomic mass is 9.78. The van der Waals surface area contributed by atoms with E-state index in [0.717, 1.165) is 45.2 Å². The number of H-pyrrole nitrogens is 1. The van der Waals surface area contributed by atoms with Gasteiger partial charge in [-0.2, -0.15) is 0 Å². The number of amides is 1. The highest BCUT2D eigenvalue weighted by Gasteiger charge is 2.48. The van der Waals surface area contributed by atoms with E-state index < -0.39 is 11.2 Å². The van der Waals surface area contributed by atoms with Crippen molar-refractivity contribution in [3.63, 3.8) is 0 Å². The van der Waals surface area contributed by atoms with Gasteiger partial charge in [-0.05, 0) is 48.0 Å². The number of fused-ring (bicyclic) bond motifs is 2. The molecule has 9 nitrogen and oxygen atoms in total. The normalized spacial score (nSPS) is 15.9. The number of aromatic nitrogens is 3. The van der Waals surface area contributed by atoms with E-state index >= 15 is 0 Å². The number of hydrogen-bond acceptors (Lipinski definition) is 6. The highest BCUT2D eigenvalue weighted by Crippen LogP contribution is 2.40. The second-order valence-corrected chi connectivity index (χ2v) is 11.0. The molecule has 1 spiro atoms. The molecule has 0 bridgehead atoms. The average molecular weight is 554 g/mol. The highest BCUT2D eigenvalue weighted by atomic mass is 35.5. The summed E-state index contributed by atoms with van der Waals surface area (Å²) in [5, 5.41) is 5.36. The molecule has 0 unspecified atom stereocenters. The van der Waals surface area contributed by atoms with Gasteiger partial charge in [0.2, 0.25) is 5.91 Å². The first kappa shape index (κ1) is 24.4. The molecule has 0 atom stereocenters. The van der Waals surface area contributed by atoms with Crippen LogP contribution in [0.15, 0.2) is 76.6 Å². The fourth-order valence-corrected chi connectivity index (χ4v) is 6.12. The zero-order valence-corrected chi connectivity index (χ0v) is 22.3. The van der Waals surface area contributed by atoms with Gasteiger partial charge >= 0.3 is 5.69 Å². The van der Waals surface area contributed by atoms with Crippen LogP contribution in [0.5, 0.6) is 5.75 Å². The first-order valence-electron chi connectivity index (χ1n) is 12.9. The Bertz CT molecular complexity index is 1980. The predicted molar refractivity (Wildman–Crippen MR) is 155 cm³/mol. The third-order valence-electron chi connectivity index (χ3n) is 7.96. The molecule has 4 heterocycles. The molecule has 200 valence electrons. The smallest absolute Gasteiger partial charge is 0.333 e. The zero-order valence-electron chi connectivity index (χ0n) is 21.5. The third kappa shape index (κ3) is 3.84. The van der Waals surface area contributed by atoms with E-state index in [2.05, 4.69) is 20.2 Å². The van der Waals surface area contributed by atoms with Crippen molar-refractivity contribution in [3.05, 3.63) is 92.9 Å². The second-order valence-electron chi connectivity index (χ2n) is 10.6. The Labute approximate surface area is 233 Å². The number of hydrogen-bond donors (Lipinski definition) is 2. The Balaban J connectivity index is 1.31. The molecule has 10 heteroatoms. The topological polar surface area (TPSA) is 109 Å². The Morgan fingerprint density at radius 3 is 2.60 bits per heavy atom. The van der Waals surface area contributed by atoms with Crippen LogP contribution in [0.4, 0.5) is 5.69 Å². The summed E-state index contributed by atoms with van der Waals surface area (Å²) >= 11 is 6.43. The summed E-state index contributed by atoms with van der Waals surface area (Å²) in [5.74, 6) is 0.744. The quantitative estimate of drug-likeness (QED) is 0.349. The summed E-state index contributed by atoms with van der Waals surface area (Å²) in [4.78, 5) is 48.2. The number of methoxy groups -OCH3 is 1. The summed E-state index contributed by atoms with van der Waals surface area (Å²) in [7, 11) is 1.58. The van der Waals surface area contributed by atoms with E-state index in [4.69, 9.17) is 16.3 Å². The van der Waals surface area contributed by atoms with Crippen molar-refractivity contribution in [3.8, 4) is 22.6 Å². The summed E-state index contributed by atoms with van der Waals surface area (Å²) in [6, 6.07) is 16.5. The van der Waals surface area contributed by atoms with Crippen LogP contribution < -0.4 is 26.2 Å². The maximum absolute atomic E-state index is 13.7. The lowest BCUT2D eigenvalue weighted by Gasteiger charge is -2.48. The number of anilines is 1. The molecule has 40 heavy (non-hydrogen) atoms. The Kier molecular flexibility index (Phi) is 5.47. The first-order chi connectivity index (χ1) is 19.3. The van der Waals surface area contributed by atoms with Crippen LogP contribution in [0.2, 0.25) is 5.02 Å². The van der Waals surface area contributed by atoms with Crippen molar-refractivity contribution in [1.82, 2.24) is 19.9 Å². The third-order valence-corrected chi connectivity index (χ3v) is 8.29. The zero-order chi connectivity index (χ0) is 27.6. The number of rotatable bonds is 4. The minimum absolute atomic E-state index is 0.0203. The molecule has 2 N–H and O–H groups in total. The number of halogens is 1. The molecule has 2 aromatic heterocycles. The second kappa shape index (κ2) is 8.96. The fraction of sp³-hybridized carbons (Fsp3) is 0.200. The summed E-state index contributed by atoms with van der Waals surface area (Å²) < 4.78 is 6.46. The molecular formula is C30H24ClN5O4. The van der Waals surface area contributed by atoms with E-state index in [-0.39, 0.29) is 11.3 Å². The molecule has 2 saturated heterocycles. The molecule has 0 aliphatic carbocycles. The number of pyridine rings is 1. The van der Waals surface area contributed by atoms with Gasteiger partial charge < -0.3 is 19.9 Å². The molecule has 2 aliphatic rings. The van der Waals surface area contributed by atoms with Crippen molar-refractivity contribution in [2.75, 3.05) is 31.6 Å². The molecule has 2 fully saturated rings. The molecule has 2 aliphatic heterocycles. The van der Waals surface area contributed by atoms with Gasteiger partial charge in [-0.25, -0.2) is 9.36 Å². The molecule has 3 aromatic carbocycles. The lowest BCUT2D eigenvalue weighted by molar-refractivity contribution is -0.119. The van der Waals surface area contributed by atoms with E-state index in [1.807, 2.05) is 24.3 Å². The summed E-state index contributed by atoms with van der Waals surface area (Å²) in [6.45, 7) is 2.24. The Hall–Kier alpha value is -4.63. The van der Waals surface area contributed by atoms with Crippen LogP contribution in [-0.2, 0) is 4.79 Å². The molecule has 7 rings (SSSR count). The number of carbonyl (C=O) groups is 1. The SMILES string of the molecule is COc1ccc(Cl)c(-c2ccc3c(=O)n(-c4cncc5ccc(N6CC7(CNC(=O)C7)C6)cc45)c(=O)[nH]c3c2)c1. The van der Waals surface area contributed by atoms with Gasteiger partial charge in [0, 0.05) is 64.7 Å². The minimum atomic E-state index is -0.565. The summed E-state index contributed by atoms with van der Waals surface area (Å²) in [6.07, 6.45) is 3.79. The van der Waals surface area contributed by atoms with Crippen LogP contribution >= 0.6 is 11.6 Å². The van der Waals surface area contributed by atoms with E-state index in [1.165, 1.54) is 6.20 Å². The van der Waals surface area contributed by atoms with Crippen molar-refractivity contribution in [1.29, 1.82) is 0 Å². The highest BCUT2D eigenvalue weighted by molar-refractivity contribution is 6.33. The van der Waals surface area contributed by atoms with E-state index in [9.17, 15) is 14.4 Å². The van der Waals surface area contributed by atoms with Crippen LogP contribution in [0.25, 0.3) is 38.5 Å². The molecular weight excluding hydrogens is 530 g/mol. The lowest BCUT2D eigenvalue weighted by Crippen LogP contribution is -2.57. The van der Waals surface area contributed by atoms with Gasteiger partial charge in [0.15, 0.2) is 0 Å². The molecule has 5 aromatic rings. The van der Waals surface area contributed by atoms with Crippen molar-refractivity contribution in [2.45, 2.75) is 6.42 Å².